The van der Waals surface area contributed by atoms with Gasteiger partial charge in [-0.15, -0.1) is 0 Å². The number of halogens is 2. The normalized spacial score (nSPS) is 15.1. The van der Waals surface area contributed by atoms with E-state index in [0.29, 0.717) is 35.7 Å². The molecular formula is C59H91Cl2NO10. The third kappa shape index (κ3) is 25.4. The number of unbranched alkanes of at least 4 members (excludes halogenated alkanes) is 24. The number of ether oxygens (including phenoxy) is 4. The summed E-state index contributed by atoms with van der Waals surface area (Å²) in [6.45, 7) is 5.17. The Morgan fingerprint density at radius 1 is 0.597 bits per heavy atom. The summed E-state index contributed by atoms with van der Waals surface area (Å²) in [5, 5.41) is 10.8. The van der Waals surface area contributed by atoms with E-state index in [-0.39, 0.29) is 38.0 Å². The number of carbonyl (C=O) groups excluding carboxylic acids is 4. The highest BCUT2D eigenvalue weighted by Gasteiger charge is 2.37. The molecule has 2 aromatic rings. The van der Waals surface area contributed by atoms with Gasteiger partial charge >= 0.3 is 30.0 Å². The molecule has 0 radical (unpaired) electrons. The first kappa shape index (κ1) is 62.5. The Morgan fingerprint density at radius 3 is 1.49 bits per heavy atom. The number of carbonyl (C=O) groups is 5. The van der Waals surface area contributed by atoms with Crippen LogP contribution in [0.3, 0.4) is 0 Å². The van der Waals surface area contributed by atoms with E-state index in [2.05, 4.69) is 13.8 Å². The van der Waals surface area contributed by atoms with E-state index in [1.807, 2.05) is 36.4 Å². The summed E-state index contributed by atoms with van der Waals surface area (Å²) in [6.07, 6.45) is 28.5. The maximum absolute atomic E-state index is 13.9. The van der Waals surface area contributed by atoms with Crippen molar-refractivity contribution in [3.63, 3.8) is 0 Å². The molecule has 13 heteroatoms. The lowest BCUT2D eigenvalue weighted by Gasteiger charge is -2.37. The predicted octanol–water partition coefficient (Wildman–Crippen LogP) is 16.5. The van der Waals surface area contributed by atoms with Crippen LogP contribution in [-0.4, -0.2) is 72.4 Å². The summed E-state index contributed by atoms with van der Waals surface area (Å²) in [7, 11) is 1.62. The number of nitrogens with zero attached hydrogens (tertiary/aromatic N) is 1. The molecule has 0 aromatic heterocycles. The molecule has 2 aromatic carbocycles. The minimum atomic E-state index is -1.41. The lowest BCUT2D eigenvalue weighted by atomic mass is 9.76. The number of aliphatic carboxylic acids is 1. The molecule has 0 spiro atoms. The number of carboxylic acids is 1. The van der Waals surface area contributed by atoms with Gasteiger partial charge in [0.2, 0.25) is 0 Å². The molecule has 0 heterocycles. The van der Waals surface area contributed by atoms with Gasteiger partial charge in [-0.1, -0.05) is 221 Å². The van der Waals surface area contributed by atoms with Crippen molar-refractivity contribution in [1.82, 2.24) is 4.90 Å². The average Bonchev–Trinajstić information content (AvgIpc) is 3.36. The first-order chi connectivity index (χ1) is 34.9. The first-order valence-electron chi connectivity index (χ1n) is 28.1. The molecule has 1 N–H and O–H groups in total. The summed E-state index contributed by atoms with van der Waals surface area (Å²) in [4.78, 5) is 67.1. The van der Waals surface area contributed by atoms with E-state index in [9.17, 15) is 29.1 Å². The zero-order valence-corrected chi connectivity index (χ0v) is 46.1. The zero-order chi connectivity index (χ0) is 52.4. The molecule has 0 saturated carbocycles. The summed E-state index contributed by atoms with van der Waals surface area (Å²) in [5.41, 5.74) is 2.98. The Balaban J connectivity index is 1.55. The molecule has 0 bridgehead atoms. The minimum absolute atomic E-state index is 0.0233. The van der Waals surface area contributed by atoms with Crippen LogP contribution >= 0.6 is 23.2 Å². The van der Waals surface area contributed by atoms with Gasteiger partial charge in [0.25, 0.3) is 0 Å². The molecule has 406 valence electrons. The second-order valence-electron chi connectivity index (χ2n) is 20.3. The molecule has 1 amide bonds. The van der Waals surface area contributed by atoms with E-state index in [1.165, 1.54) is 127 Å². The molecule has 2 unspecified atom stereocenters. The molecule has 3 rings (SSSR count). The maximum Gasteiger partial charge on any atom is 0.410 e. The molecule has 0 saturated heterocycles. The Morgan fingerprint density at radius 2 is 1.04 bits per heavy atom. The van der Waals surface area contributed by atoms with Crippen LogP contribution in [-0.2, 0) is 38.1 Å². The number of amides is 1. The fourth-order valence-electron chi connectivity index (χ4n) is 9.78. The van der Waals surface area contributed by atoms with Crippen molar-refractivity contribution in [2.75, 3.05) is 20.3 Å². The Kier molecular flexibility index (Phi) is 32.8. The monoisotopic (exact) mass is 1040 g/mol. The molecule has 72 heavy (non-hydrogen) atoms. The Labute approximate surface area is 443 Å². The maximum atomic E-state index is 13.9. The van der Waals surface area contributed by atoms with E-state index >= 15 is 0 Å². The fraction of sp³-hybridized carbons (Fsp3) is 0.712. The second kappa shape index (κ2) is 37.8. The quantitative estimate of drug-likeness (QED) is 0.0389. The number of hydrogen-bond donors (Lipinski definition) is 1. The number of benzene rings is 2. The van der Waals surface area contributed by atoms with Crippen molar-refractivity contribution in [1.29, 1.82) is 0 Å². The first-order valence-corrected chi connectivity index (χ1v) is 28.8. The van der Waals surface area contributed by atoms with E-state index in [0.717, 1.165) is 55.2 Å². The highest BCUT2D eigenvalue weighted by molar-refractivity contribution is 6.42. The van der Waals surface area contributed by atoms with Crippen molar-refractivity contribution in [2.24, 2.45) is 5.92 Å². The van der Waals surface area contributed by atoms with Crippen LogP contribution < -0.4 is 0 Å². The van der Waals surface area contributed by atoms with Crippen molar-refractivity contribution in [3.05, 3.63) is 69.2 Å². The molecule has 1 aliphatic carbocycles. The molecular weight excluding hydrogens is 954 g/mol. The number of esters is 3. The topological polar surface area (TPSA) is 146 Å². The van der Waals surface area contributed by atoms with Crippen LogP contribution in [0.1, 0.15) is 248 Å². The van der Waals surface area contributed by atoms with Crippen molar-refractivity contribution >= 4 is 53.2 Å². The van der Waals surface area contributed by atoms with Gasteiger partial charge in [-0.25, -0.2) is 4.79 Å². The lowest BCUT2D eigenvalue weighted by Crippen LogP contribution is -2.41. The van der Waals surface area contributed by atoms with Gasteiger partial charge in [-0.05, 0) is 61.4 Å². The van der Waals surface area contributed by atoms with Gasteiger partial charge in [0, 0.05) is 25.8 Å². The summed E-state index contributed by atoms with van der Waals surface area (Å²) >= 11 is 12.6. The second-order valence-corrected chi connectivity index (χ2v) is 21.1. The van der Waals surface area contributed by atoms with Crippen LogP contribution in [0.4, 0.5) is 4.79 Å². The van der Waals surface area contributed by atoms with Gasteiger partial charge in [0.1, 0.15) is 25.2 Å². The molecule has 1 aliphatic rings. The highest BCUT2D eigenvalue weighted by Crippen LogP contribution is 2.44. The van der Waals surface area contributed by atoms with Crippen molar-refractivity contribution in [3.8, 4) is 0 Å². The van der Waals surface area contributed by atoms with Gasteiger partial charge < -0.3 is 29.0 Å². The Hall–Kier alpha value is -3.83. The summed E-state index contributed by atoms with van der Waals surface area (Å²) in [5.74, 6) is -4.58. The van der Waals surface area contributed by atoms with Gasteiger partial charge in [0.05, 0.1) is 22.5 Å². The number of carboxylic acid groups (broad SMARTS) is 1. The third-order valence-corrected chi connectivity index (χ3v) is 15.0. The number of fused-ring (bicyclic) bond motifs is 1. The van der Waals surface area contributed by atoms with Crippen LogP contribution in [0.5, 0.6) is 0 Å². The van der Waals surface area contributed by atoms with Crippen molar-refractivity contribution in [2.45, 2.75) is 244 Å². The smallest absolute Gasteiger partial charge is 0.410 e. The van der Waals surface area contributed by atoms with E-state index in [4.69, 9.17) is 42.1 Å². The van der Waals surface area contributed by atoms with Gasteiger partial charge in [0.15, 0.2) is 6.10 Å². The van der Waals surface area contributed by atoms with Crippen LogP contribution in [0.25, 0.3) is 0 Å². The largest absolute Gasteiger partial charge is 0.481 e. The SMILES string of the molecule is CCCCCCCCCCCCCCCC(=O)OCC(COC(=O)CCCCCCCCCCCCCCC)OC(=O)C(CC(=O)O)C(C)OC(=O)N(C)[C@H]1CC[C@@H](c2ccc(Cl)c(Cl)c2)c2ccccc21. The van der Waals surface area contributed by atoms with Crippen LogP contribution in [0.2, 0.25) is 10.0 Å². The summed E-state index contributed by atoms with van der Waals surface area (Å²) in [6, 6.07) is 13.1. The van der Waals surface area contributed by atoms with Crippen LogP contribution in [0, 0.1) is 5.92 Å². The van der Waals surface area contributed by atoms with Crippen molar-refractivity contribution < 1.29 is 48.0 Å². The average molecular weight is 1050 g/mol. The minimum Gasteiger partial charge on any atom is -0.481 e. The molecule has 0 aliphatic heterocycles. The molecule has 0 fully saturated rings. The highest BCUT2D eigenvalue weighted by atomic mass is 35.5. The molecule has 4 atom stereocenters. The predicted molar refractivity (Wildman–Crippen MR) is 289 cm³/mol. The summed E-state index contributed by atoms with van der Waals surface area (Å²) < 4.78 is 22.7. The number of hydrogen-bond acceptors (Lipinski definition) is 9. The van der Waals surface area contributed by atoms with Gasteiger partial charge in [-0.3, -0.25) is 19.2 Å². The van der Waals surface area contributed by atoms with E-state index in [1.54, 1.807) is 13.1 Å². The van der Waals surface area contributed by atoms with Crippen LogP contribution in [0.15, 0.2) is 42.5 Å². The van der Waals surface area contributed by atoms with Gasteiger partial charge in [-0.2, -0.15) is 0 Å². The number of rotatable bonds is 40. The van der Waals surface area contributed by atoms with E-state index < -0.39 is 54.5 Å². The fourth-order valence-corrected chi connectivity index (χ4v) is 10.1. The Bertz CT molecular complexity index is 1810. The third-order valence-electron chi connectivity index (χ3n) is 14.2. The lowest BCUT2D eigenvalue weighted by molar-refractivity contribution is -0.173. The zero-order valence-electron chi connectivity index (χ0n) is 44.6. The molecule has 11 nitrogen and oxygen atoms in total. The standard InChI is InChI=1S/C59H91Cl2NO10/c1-5-7-9-11-13-15-17-19-21-23-25-27-29-35-56(65)69-43-47(44-70-57(66)36-30-28-26-24-22-20-18-16-14-12-10-8-6-2)72-58(67)51(42-55(63)64)45(3)71-59(68)62(4)54-40-38-48(49-33-31-32-34-50(49)54)46-37-39-52(60)53(61)41-46/h31-34,37,39,41,45,47-48,51,54H,5-30,35-36,38,40,42-44H2,1-4H3,(H,63,64)/t45?,48-,51?,54-/m0/s1.